The third-order valence-corrected chi connectivity index (χ3v) is 1.95. The second-order valence-electron chi connectivity index (χ2n) is 2.24. The molecule has 0 N–H and O–H groups in total. The molecule has 0 amide bonds. The van der Waals surface area contributed by atoms with E-state index in [-0.39, 0.29) is 60.3 Å². The summed E-state index contributed by atoms with van der Waals surface area (Å²) < 4.78 is 22.9. The first kappa shape index (κ1) is 16.9. The molecule has 0 spiro atoms. The summed E-state index contributed by atoms with van der Waals surface area (Å²) in [6.45, 7) is 0. The van der Waals surface area contributed by atoms with Gasteiger partial charge in [-0.15, -0.1) is 0 Å². The zero-order valence-electron chi connectivity index (χ0n) is 7.95. The van der Waals surface area contributed by atoms with Crippen LogP contribution in [0.1, 0.15) is 6.42 Å². The van der Waals surface area contributed by atoms with Gasteiger partial charge >= 0.3 is 37.7 Å². The molecule has 1 aliphatic carbocycles. The van der Waals surface area contributed by atoms with E-state index in [1.165, 1.54) is 6.08 Å². The Balaban J connectivity index is 0. The Morgan fingerprint density at radius 3 is 2.36 bits per heavy atom. The Morgan fingerprint density at radius 2 is 2.00 bits per heavy atom. The summed E-state index contributed by atoms with van der Waals surface area (Å²) >= 11 is 0.165. The second-order valence-corrected chi connectivity index (χ2v) is 2.93. The van der Waals surface area contributed by atoms with Crippen LogP contribution in [0, 0.1) is 0 Å². The molecule has 0 aromatic heterocycles. The first-order chi connectivity index (χ1) is 5.65. The van der Waals surface area contributed by atoms with Gasteiger partial charge < -0.3 is 10.0 Å². The van der Waals surface area contributed by atoms with Crippen LogP contribution in [0.25, 0.3) is 0 Å². The quantitative estimate of drug-likeness (QED) is 0.312. The van der Waals surface area contributed by atoms with Crippen molar-refractivity contribution in [3.8, 4) is 0 Å². The normalized spacial score (nSPS) is 14.4. The molecular weight excluding hydrogens is 196 g/mol. The number of halogens is 1. The van der Waals surface area contributed by atoms with Gasteiger partial charge in [0.2, 0.25) is 0 Å². The van der Waals surface area contributed by atoms with Gasteiger partial charge in [-0.2, -0.15) is 0 Å². The van der Waals surface area contributed by atoms with Gasteiger partial charge in [-0.3, -0.25) is 0 Å². The molecule has 0 fully saturated rings. The van der Waals surface area contributed by atoms with Crippen LogP contribution in [0.2, 0.25) is 0 Å². The van der Waals surface area contributed by atoms with Gasteiger partial charge in [-0.05, 0) is 6.08 Å². The third-order valence-electron chi connectivity index (χ3n) is 1.45. The van der Waals surface area contributed by atoms with E-state index in [1.54, 1.807) is 0 Å². The molecule has 0 saturated carbocycles. The van der Waals surface area contributed by atoms with Crippen LogP contribution in [-0.2, 0) is 11.3 Å². The second kappa shape index (κ2) is 7.73. The van der Waals surface area contributed by atoms with Crippen molar-refractivity contribution in [2.45, 2.75) is 6.42 Å². The van der Waals surface area contributed by atoms with E-state index in [1.807, 2.05) is 0 Å². The number of rotatable bonds is 1. The summed E-state index contributed by atoms with van der Waals surface area (Å²) in [6.07, 6.45) is 2.29. The zero-order valence-corrected chi connectivity index (χ0v) is 8.77. The zero-order chi connectivity index (χ0) is 9.14. The molecule has 0 aromatic rings. The Bertz CT molecular complexity index is 312. The van der Waals surface area contributed by atoms with Crippen molar-refractivity contribution in [2.75, 3.05) is 0 Å². The summed E-state index contributed by atoms with van der Waals surface area (Å²) in [5.41, 5.74) is -0.396. The molecular formula is C6H4BFLi2O3S. The fourth-order valence-corrected chi connectivity index (χ4v) is 1.16. The van der Waals surface area contributed by atoms with Crippen molar-refractivity contribution < 1.29 is 56.4 Å². The van der Waals surface area contributed by atoms with Crippen LogP contribution in [0.5, 0.6) is 0 Å². The van der Waals surface area contributed by atoms with Gasteiger partial charge in [-0.1, -0.05) is 18.7 Å². The summed E-state index contributed by atoms with van der Waals surface area (Å²) in [6, 6.07) is 0. The van der Waals surface area contributed by atoms with E-state index >= 15 is 0 Å². The minimum absolute atomic E-state index is 0. The fraction of sp³-hybridized carbons (Fsp3) is 0.167. The molecule has 0 heterocycles. The van der Waals surface area contributed by atoms with E-state index < -0.39 is 18.4 Å². The van der Waals surface area contributed by atoms with E-state index in [0.29, 0.717) is 0 Å². The molecule has 0 unspecified atom stereocenters. The van der Waals surface area contributed by atoms with E-state index in [9.17, 15) is 18.6 Å². The summed E-state index contributed by atoms with van der Waals surface area (Å²) in [5.74, 6) is -0.880. The van der Waals surface area contributed by atoms with Crippen LogP contribution in [0.4, 0.5) is 4.39 Å². The maximum atomic E-state index is 12.8. The van der Waals surface area contributed by atoms with Crippen LogP contribution < -0.4 is 47.8 Å². The molecule has 14 heavy (non-hydrogen) atoms. The summed E-state index contributed by atoms with van der Waals surface area (Å²) in [4.78, 5) is 0.275. The van der Waals surface area contributed by atoms with Gasteiger partial charge in [0.15, 0.2) is 0 Å². The van der Waals surface area contributed by atoms with E-state index in [4.69, 9.17) is 0 Å². The molecule has 64 valence electrons. The van der Waals surface area contributed by atoms with Crippen molar-refractivity contribution in [1.82, 2.24) is 0 Å². The number of hydrogen-bond donors (Lipinski definition) is 0. The van der Waals surface area contributed by atoms with Crippen LogP contribution >= 0.6 is 0 Å². The predicted molar refractivity (Wildman–Crippen MR) is 40.8 cm³/mol. The summed E-state index contributed by atoms with van der Waals surface area (Å²) in [5, 5.41) is 20.6. The molecule has 1 aliphatic rings. The van der Waals surface area contributed by atoms with Gasteiger partial charge in [0.05, 0.1) is 16.1 Å². The topological polar surface area (TPSA) is 63.2 Å². The molecule has 0 aliphatic heterocycles. The summed E-state index contributed by atoms with van der Waals surface area (Å²) in [7, 11) is -2.31. The van der Waals surface area contributed by atoms with Gasteiger partial charge in [0.25, 0.3) is 0 Å². The number of allylic oxidation sites excluding steroid dienone is 4. The van der Waals surface area contributed by atoms with E-state index in [2.05, 4.69) is 0 Å². The SMILES string of the molecule is O=S=C1C=C(F)C(B([O-])[O-])=CC1.[Li+].[Li+]. The third kappa shape index (κ3) is 4.33. The molecule has 0 bridgehead atoms. The molecule has 1 rings (SSSR count). The monoisotopic (exact) mass is 200 g/mol. The smallest absolute Gasteiger partial charge is 0.889 e. The molecule has 3 nitrogen and oxygen atoms in total. The van der Waals surface area contributed by atoms with Crippen molar-refractivity contribution in [2.24, 2.45) is 0 Å². The largest absolute Gasteiger partial charge is 1.00 e. The van der Waals surface area contributed by atoms with Crippen molar-refractivity contribution >= 4 is 23.2 Å². The average molecular weight is 200 g/mol. The average Bonchev–Trinajstić information content (AvgIpc) is 2.03. The first-order valence-corrected chi connectivity index (χ1v) is 3.94. The van der Waals surface area contributed by atoms with Crippen LogP contribution in [-0.4, -0.2) is 16.2 Å². The number of hydrogen-bond acceptors (Lipinski definition) is 3. The van der Waals surface area contributed by atoms with Crippen LogP contribution in [0.3, 0.4) is 0 Å². The van der Waals surface area contributed by atoms with Gasteiger partial charge in [0.1, 0.15) is 5.83 Å². The minimum Gasteiger partial charge on any atom is -0.889 e. The molecule has 0 atom stereocenters. The Hall–Kier alpha value is 0.480. The first-order valence-electron chi connectivity index (χ1n) is 3.20. The maximum Gasteiger partial charge on any atom is 1.00 e. The van der Waals surface area contributed by atoms with Crippen molar-refractivity contribution in [1.29, 1.82) is 0 Å². The molecule has 0 saturated heterocycles. The molecule has 0 radical (unpaired) electrons. The molecule has 0 aromatic carbocycles. The maximum absolute atomic E-state index is 12.8. The minimum atomic E-state index is -2.31. The predicted octanol–water partition coefficient (Wildman–Crippen LogP) is -7.69. The van der Waals surface area contributed by atoms with E-state index in [0.717, 1.165) is 6.08 Å². The fourth-order valence-electron chi connectivity index (χ4n) is 0.859. The standard InChI is InChI=1S/C6H4BFO3S.2Li/c8-6-3-4(12-11)1-2-5(6)7(9)10;;/h2-3H,1H2;;/q-2;2*+1. The van der Waals surface area contributed by atoms with Crippen molar-refractivity contribution in [3.05, 3.63) is 23.5 Å². The Labute approximate surface area is 109 Å². The van der Waals surface area contributed by atoms with Crippen molar-refractivity contribution in [3.63, 3.8) is 0 Å². The van der Waals surface area contributed by atoms with Gasteiger partial charge in [0, 0.05) is 6.42 Å². The Kier molecular flexibility index (Phi) is 9.33. The molecule has 8 heteroatoms. The Morgan fingerprint density at radius 1 is 1.43 bits per heavy atom. The van der Waals surface area contributed by atoms with Gasteiger partial charge in [-0.25, -0.2) is 8.60 Å². The van der Waals surface area contributed by atoms with Crippen LogP contribution in [0.15, 0.2) is 23.5 Å².